The summed E-state index contributed by atoms with van der Waals surface area (Å²) < 4.78 is 6.62. The van der Waals surface area contributed by atoms with E-state index < -0.39 is 5.41 Å². The van der Waals surface area contributed by atoms with Gasteiger partial charge in [-0.2, -0.15) is 0 Å². The van der Waals surface area contributed by atoms with Crippen LogP contribution in [0.3, 0.4) is 0 Å². The molecule has 96 valence electrons. The van der Waals surface area contributed by atoms with E-state index in [0.29, 0.717) is 5.75 Å². The van der Waals surface area contributed by atoms with Crippen molar-refractivity contribution in [2.45, 2.75) is 33.6 Å². The van der Waals surface area contributed by atoms with Crippen molar-refractivity contribution in [3.05, 3.63) is 33.8 Å². The Hall–Kier alpha value is -1.09. The highest BCUT2D eigenvalue weighted by Crippen LogP contribution is 2.30. The van der Waals surface area contributed by atoms with Crippen LogP contribution in [0.15, 0.2) is 22.7 Å². The largest absolute Gasteiger partial charge is 0.426 e. The Balaban J connectivity index is 2.21. The van der Waals surface area contributed by atoms with Gasteiger partial charge in [-0.25, -0.2) is 0 Å². The van der Waals surface area contributed by atoms with Crippen LogP contribution >= 0.6 is 15.9 Å². The van der Waals surface area contributed by atoms with Crippen LogP contribution in [0.2, 0.25) is 0 Å². The summed E-state index contributed by atoms with van der Waals surface area (Å²) in [5.41, 5.74) is 1.96. The minimum Gasteiger partial charge on any atom is -0.426 e. The Kier molecular flexibility index (Phi) is 3.62. The predicted molar refractivity (Wildman–Crippen MR) is 76.8 cm³/mol. The maximum absolute atomic E-state index is 11.8. The number of aryl methyl sites for hydroxylation is 1. The first-order valence-electron chi connectivity index (χ1n) is 6.07. The fourth-order valence-electron chi connectivity index (χ4n) is 1.76. The monoisotopic (exact) mass is 308 g/mol. The van der Waals surface area contributed by atoms with E-state index in [1.807, 2.05) is 39.0 Å². The van der Waals surface area contributed by atoms with Gasteiger partial charge in [-0.05, 0) is 67.4 Å². The van der Waals surface area contributed by atoms with Gasteiger partial charge in [0.25, 0.3) is 0 Å². The minimum absolute atomic E-state index is 0.199. The second-order valence-corrected chi connectivity index (χ2v) is 6.61. The van der Waals surface area contributed by atoms with Gasteiger partial charge in [0, 0.05) is 0 Å². The lowest BCUT2D eigenvalue weighted by Gasteiger charge is -2.18. The molecule has 1 aromatic carbocycles. The molecule has 1 aromatic rings. The highest BCUT2D eigenvalue weighted by atomic mass is 79.9. The highest BCUT2D eigenvalue weighted by Gasteiger charge is 2.24. The zero-order valence-electron chi connectivity index (χ0n) is 10.9. The number of hydrogen-bond donors (Lipinski definition) is 0. The summed E-state index contributed by atoms with van der Waals surface area (Å²) >= 11 is 3.52. The van der Waals surface area contributed by atoms with Gasteiger partial charge in [0.2, 0.25) is 0 Å². The van der Waals surface area contributed by atoms with Crippen LogP contribution < -0.4 is 4.74 Å². The molecule has 1 aliphatic rings. The summed E-state index contributed by atoms with van der Waals surface area (Å²) in [6, 6.07) is 5.82. The zero-order chi connectivity index (χ0) is 13.3. The quantitative estimate of drug-likeness (QED) is 0.570. The molecule has 0 amide bonds. The van der Waals surface area contributed by atoms with Gasteiger partial charge in [-0.15, -0.1) is 0 Å². The molecular formula is C15H17BrO2. The summed E-state index contributed by atoms with van der Waals surface area (Å²) in [4.78, 5) is 11.8. The van der Waals surface area contributed by atoms with Crippen molar-refractivity contribution in [1.82, 2.24) is 0 Å². The van der Waals surface area contributed by atoms with E-state index in [0.717, 1.165) is 12.8 Å². The van der Waals surface area contributed by atoms with Gasteiger partial charge < -0.3 is 4.74 Å². The van der Waals surface area contributed by atoms with Crippen molar-refractivity contribution in [2.24, 2.45) is 5.41 Å². The van der Waals surface area contributed by atoms with Crippen LogP contribution in [-0.2, 0) is 11.2 Å². The molecule has 0 unspecified atom stereocenters. The number of benzene rings is 1. The van der Waals surface area contributed by atoms with E-state index in [-0.39, 0.29) is 5.97 Å². The SMILES string of the molecule is CC(C)(C)C(=O)Oc1ccc2c(c1)CCC(Br)=C2. The maximum Gasteiger partial charge on any atom is 0.316 e. The average molecular weight is 309 g/mol. The van der Waals surface area contributed by atoms with Crippen LogP contribution in [0.5, 0.6) is 5.75 Å². The van der Waals surface area contributed by atoms with Crippen LogP contribution in [-0.4, -0.2) is 5.97 Å². The third-order valence-electron chi connectivity index (χ3n) is 2.88. The fraction of sp³-hybridized carbons (Fsp3) is 0.400. The lowest BCUT2D eigenvalue weighted by molar-refractivity contribution is -0.142. The molecule has 18 heavy (non-hydrogen) atoms. The van der Waals surface area contributed by atoms with E-state index in [4.69, 9.17) is 4.74 Å². The van der Waals surface area contributed by atoms with Gasteiger partial charge in [-0.3, -0.25) is 4.79 Å². The first-order valence-corrected chi connectivity index (χ1v) is 6.87. The van der Waals surface area contributed by atoms with Crippen LogP contribution in [0.1, 0.15) is 38.3 Å². The molecule has 0 aliphatic heterocycles. The topological polar surface area (TPSA) is 26.3 Å². The summed E-state index contributed by atoms with van der Waals surface area (Å²) in [6.45, 7) is 5.56. The van der Waals surface area contributed by atoms with Crippen molar-refractivity contribution < 1.29 is 9.53 Å². The molecule has 1 aliphatic carbocycles. The number of allylic oxidation sites excluding steroid dienone is 1. The van der Waals surface area contributed by atoms with Crippen LogP contribution in [0, 0.1) is 5.41 Å². The minimum atomic E-state index is -0.473. The maximum atomic E-state index is 11.8. The van der Waals surface area contributed by atoms with Gasteiger partial charge in [-0.1, -0.05) is 22.0 Å². The average Bonchev–Trinajstić information content (AvgIpc) is 2.28. The van der Waals surface area contributed by atoms with Gasteiger partial charge in [0.15, 0.2) is 0 Å². The number of esters is 1. The zero-order valence-corrected chi connectivity index (χ0v) is 12.5. The molecule has 0 heterocycles. The van der Waals surface area contributed by atoms with E-state index in [1.54, 1.807) is 0 Å². The molecule has 0 saturated carbocycles. The molecule has 0 atom stereocenters. The smallest absolute Gasteiger partial charge is 0.316 e. The Morgan fingerprint density at radius 1 is 1.28 bits per heavy atom. The molecule has 0 saturated heterocycles. The van der Waals surface area contributed by atoms with Crippen LogP contribution in [0.25, 0.3) is 6.08 Å². The molecule has 0 aromatic heterocycles. The third kappa shape index (κ3) is 3.02. The molecule has 0 N–H and O–H groups in total. The molecule has 0 fully saturated rings. The van der Waals surface area contributed by atoms with E-state index in [2.05, 4.69) is 22.0 Å². The molecular weight excluding hydrogens is 292 g/mol. The number of carbonyl (C=O) groups excluding carboxylic acids is 1. The Morgan fingerprint density at radius 2 is 2.00 bits per heavy atom. The van der Waals surface area contributed by atoms with E-state index >= 15 is 0 Å². The van der Waals surface area contributed by atoms with Crippen molar-refractivity contribution in [3.8, 4) is 5.75 Å². The predicted octanol–water partition coefficient (Wildman–Crippen LogP) is 4.32. The van der Waals surface area contributed by atoms with Gasteiger partial charge in [0.1, 0.15) is 5.75 Å². The van der Waals surface area contributed by atoms with Crippen molar-refractivity contribution in [3.63, 3.8) is 0 Å². The summed E-state index contributed by atoms with van der Waals surface area (Å²) in [7, 11) is 0. The first-order chi connectivity index (χ1) is 8.36. The van der Waals surface area contributed by atoms with Crippen molar-refractivity contribution in [2.75, 3.05) is 0 Å². The highest BCUT2D eigenvalue weighted by molar-refractivity contribution is 9.11. The first kappa shape index (κ1) is 13.3. The van der Waals surface area contributed by atoms with Crippen LogP contribution in [0.4, 0.5) is 0 Å². The summed E-state index contributed by atoms with van der Waals surface area (Å²) in [5, 5.41) is 0. The Morgan fingerprint density at radius 3 is 2.67 bits per heavy atom. The Bertz CT molecular complexity index is 510. The number of carbonyl (C=O) groups is 1. The second kappa shape index (κ2) is 4.88. The lowest BCUT2D eigenvalue weighted by Crippen LogP contribution is -2.25. The van der Waals surface area contributed by atoms with Crippen molar-refractivity contribution >= 4 is 28.0 Å². The standard InChI is InChI=1S/C15H17BrO2/c1-15(2,3)14(17)18-13-7-5-10-8-12(16)6-4-11(10)9-13/h5,7-9H,4,6H2,1-3H3. The van der Waals surface area contributed by atoms with E-state index in [9.17, 15) is 4.79 Å². The van der Waals surface area contributed by atoms with Gasteiger partial charge >= 0.3 is 5.97 Å². The van der Waals surface area contributed by atoms with Gasteiger partial charge in [0.05, 0.1) is 5.41 Å². The Labute approximate surface area is 116 Å². The molecule has 0 radical (unpaired) electrons. The molecule has 2 nitrogen and oxygen atoms in total. The summed E-state index contributed by atoms with van der Waals surface area (Å²) in [5.74, 6) is 0.440. The van der Waals surface area contributed by atoms with Crippen molar-refractivity contribution in [1.29, 1.82) is 0 Å². The lowest BCUT2D eigenvalue weighted by atomic mass is 9.96. The number of halogens is 1. The number of hydrogen-bond acceptors (Lipinski definition) is 2. The molecule has 0 bridgehead atoms. The normalized spacial score (nSPS) is 14.8. The molecule has 3 heteroatoms. The molecule has 0 spiro atoms. The number of ether oxygens (including phenoxy) is 1. The third-order valence-corrected chi connectivity index (χ3v) is 3.51. The van der Waals surface area contributed by atoms with E-state index in [1.165, 1.54) is 15.6 Å². The number of rotatable bonds is 1. The fourth-order valence-corrected chi connectivity index (χ4v) is 2.20. The second-order valence-electron chi connectivity index (χ2n) is 5.59. The number of fused-ring (bicyclic) bond motifs is 1. The molecule has 2 rings (SSSR count). The summed E-state index contributed by atoms with van der Waals surface area (Å²) in [6.07, 6.45) is 4.10.